The zero-order chi connectivity index (χ0) is 10.8. The lowest BCUT2D eigenvalue weighted by Gasteiger charge is -2.00. The van der Waals surface area contributed by atoms with Gasteiger partial charge in [-0.05, 0) is 25.1 Å². The minimum absolute atomic E-state index is 0.213. The zero-order valence-electron chi connectivity index (χ0n) is 7.78. The van der Waals surface area contributed by atoms with Crippen LogP contribution in [0.4, 0.5) is 4.39 Å². The molecule has 15 heavy (non-hydrogen) atoms. The summed E-state index contributed by atoms with van der Waals surface area (Å²) in [6, 6.07) is 3.95. The molecule has 2 aromatic rings. The van der Waals surface area contributed by atoms with Gasteiger partial charge in [0, 0.05) is 5.56 Å². The second kappa shape index (κ2) is 3.86. The van der Waals surface area contributed by atoms with Crippen molar-refractivity contribution in [3.63, 3.8) is 0 Å². The second-order valence-corrected chi connectivity index (χ2v) is 3.30. The number of hydrogen-bond donors (Lipinski definition) is 0. The Morgan fingerprint density at radius 2 is 1.80 bits per heavy atom. The maximum absolute atomic E-state index is 13.0. The first-order valence-corrected chi connectivity index (χ1v) is 4.54. The van der Waals surface area contributed by atoms with Gasteiger partial charge in [0.25, 0.3) is 0 Å². The van der Waals surface area contributed by atoms with Crippen LogP contribution in [0.3, 0.4) is 0 Å². The molecule has 0 fully saturated rings. The Balaban J connectivity index is 2.53. The van der Waals surface area contributed by atoms with Gasteiger partial charge in [-0.1, -0.05) is 11.6 Å². The Morgan fingerprint density at radius 1 is 1.13 bits per heavy atom. The first kappa shape index (κ1) is 9.92. The molecular formula is C9H6ClFN4. The summed E-state index contributed by atoms with van der Waals surface area (Å²) in [7, 11) is 0. The quantitative estimate of drug-likeness (QED) is 0.744. The largest absolute Gasteiger partial charge is 0.207 e. The fourth-order valence-corrected chi connectivity index (χ4v) is 1.26. The van der Waals surface area contributed by atoms with E-state index in [0.29, 0.717) is 16.4 Å². The fraction of sp³-hybridized carbons (Fsp3) is 0.111. The summed E-state index contributed by atoms with van der Waals surface area (Å²) in [4.78, 5) is 0. The number of benzene rings is 1. The highest BCUT2D eigenvalue weighted by Gasteiger charge is 2.08. The van der Waals surface area contributed by atoms with E-state index in [1.807, 2.05) is 0 Å². The van der Waals surface area contributed by atoms with Crippen LogP contribution < -0.4 is 0 Å². The van der Waals surface area contributed by atoms with E-state index in [4.69, 9.17) is 11.6 Å². The maximum atomic E-state index is 13.0. The zero-order valence-corrected chi connectivity index (χ0v) is 8.53. The summed E-state index contributed by atoms with van der Waals surface area (Å²) >= 11 is 5.87. The van der Waals surface area contributed by atoms with Gasteiger partial charge in [-0.25, -0.2) is 4.39 Å². The van der Waals surface area contributed by atoms with Gasteiger partial charge >= 0.3 is 0 Å². The van der Waals surface area contributed by atoms with E-state index < -0.39 is 5.82 Å². The Morgan fingerprint density at radius 3 is 2.47 bits per heavy atom. The smallest absolute Gasteiger partial charge is 0.205 e. The Labute approximate surface area is 90.1 Å². The van der Waals surface area contributed by atoms with Gasteiger partial charge in [-0.3, -0.25) is 0 Å². The van der Waals surface area contributed by atoms with Crippen LogP contribution in [-0.4, -0.2) is 20.4 Å². The van der Waals surface area contributed by atoms with E-state index in [1.165, 1.54) is 18.2 Å². The molecule has 6 heteroatoms. The first-order chi connectivity index (χ1) is 7.16. The topological polar surface area (TPSA) is 51.6 Å². The summed E-state index contributed by atoms with van der Waals surface area (Å²) in [6.45, 7) is 1.66. The van der Waals surface area contributed by atoms with Crippen molar-refractivity contribution in [2.24, 2.45) is 0 Å². The van der Waals surface area contributed by atoms with Crippen molar-refractivity contribution in [1.29, 1.82) is 0 Å². The molecule has 1 aromatic heterocycles. The van der Waals surface area contributed by atoms with Gasteiger partial charge in [-0.2, -0.15) is 0 Å². The van der Waals surface area contributed by atoms with Crippen LogP contribution in [0.5, 0.6) is 0 Å². The number of aryl methyl sites for hydroxylation is 1. The van der Waals surface area contributed by atoms with Crippen molar-refractivity contribution in [2.45, 2.75) is 6.92 Å². The average Bonchev–Trinajstić information content (AvgIpc) is 2.23. The van der Waals surface area contributed by atoms with E-state index in [0.717, 1.165) is 0 Å². The highest BCUT2D eigenvalue weighted by molar-refractivity contribution is 6.33. The summed E-state index contributed by atoms with van der Waals surface area (Å²) in [5.74, 6) is 0.259. The molecule has 0 atom stereocenters. The molecule has 0 amide bonds. The summed E-state index contributed by atoms with van der Waals surface area (Å²) in [5.41, 5.74) is 0.386. The number of nitrogens with zero attached hydrogens (tertiary/aromatic N) is 4. The third kappa shape index (κ3) is 2.07. The maximum Gasteiger partial charge on any atom is 0.205 e. The molecule has 0 saturated heterocycles. The van der Waals surface area contributed by atoms with E-state index >= 15 is 0 Å². The summed E-state index contributed by atoms with van der Waals surface area (Å²) in [5, 5.41) is 15.4. The van der Waals surface area contributed by atoms with Crippen LogP contribution in [-0.2, 0) is 0 Å². The van der Waals surface area contributed by atoms with E-state index in [9.17, 15) is 4.39 Å². The molecule has 1 aromatic carbocycles. The van der Waals surface area contributed by atoms with Gasteiger partial charge in [0.05, 0.1) is 5.02 Å². The minimum Gasteiger partial charge on any atom is -0.207 e. The van der Waals surface area contributed by atoms with Crippen LogP contribution >= 0.6 is 11.6 Å². The standard InChI is InChI=1S/C9H6ClFN4/c1-5-12-14-9(15-13-5)7-4-6(11)2-3-8(7)10/h2-4H,1H3. The first-order valence-electron chi connectivity index (χ1n) is 4.16. The predicted molar refractivity (Wildman–Crippen MR) is 52.8 cm³/mol. The molecule has 0 radical (unpaired) electrons. The molecule has 0 aliphatic heterocycles. The van der Waals surface area contributed by atoms with Gasteiger partial charge in [0.15, 0.2) is 5.82 Å². The molecule has 2 rings (SSSR count). The van der Waals surface area contributed by atoms with Crippen molar-refractivity contribution >= 4 is 11.6 Å². The summed E-state index contributed by atoms with van der Waals surface area (Å²) in [6.07, 6.45) is 0. The highest BCUT2D eigenvalue weighted by atomic mass is 35.5. The van der Waals surface area contributed by atoms with Crippen LogP contribution in [0.25, 0.3) is 11.4 Å². The summed E-state index contributed by atoms with van der Waals surface area (Å²) < 4.78 is 13.0. The fourth-order valence-electron chi connectivity index (χ4n) is 1.06. The molecule has 4 nitrogen and oxygen atoms in total. The second-order valence-electron chi connectivity index (χ2n) is 2.89. The van der Waals surface area contributed by atoms with Crippen LogP contribution in [0.1, 0.15) is 5.82 Å². The molecule has 0 bridgehead atoms. The highest BCUT2D eigenvalue weighted by Crippen LogP contribution is 2.24. The third-order valence-electron chi connectivity index (χ3n) is 1.75. The Bertz CT molecular complexity index is 486. The van der Waals surface area contributed by atoms with E-state index in [1.54, 1.807) is 6.92 Å². The molecule has 0 aliphatic rings. The van der Waals surface area contributed by atoms with Crippen molar-refractivity contribution < 1.29 is 4.39 Å². The number of aromatic nitrogens is 4. The molecule has 1 heterocycles. The van der Waals surface area contributed by atoms with E-state index in [2.05, 4.69) is 20.4 Å². The Hall–Kier alpha value is -1.62. The van der Waals surface area contributed by atoms with Gasteiger partial charge < -0.3 is 0 Å². The van der Waals surface area contributed by atoms with Gasteiger partial charge in [0.1, 0.15) is 5.82 Å². The molecule has 76 valence electrons. The van der Waals surface area contributed by atoms with Crippen molar-refractivity contribution in [3.8, 4) is 11.4 Å². The van der Waals surface area contributed by atoms with Crippen LogP contribution in [0, 0.1) is 12.7 Å². The van der Waals surface area contributed by atoms with Crippen LogP contribution in [0.15, 0.2) is 18.2 Å². The molecule has 0 N–H and O–H groups in total. The van der Waals surface area contributed by atoms with E-state index in [-0.39, 0.29) is 5.82 Å². The molecular weight excluding hydrogens is 219 g/mol. The lowest BCUT2D eigenvalue weighted by atomic mass is 10.2. The minimum atomic E-state index is -0.404. The third-order valence-corrected chi connectivity index (χ3v) is 2.08. The SMILES string of the molecule is Cc1nnc(-c2cc(F)ccc2Cl)nn1. The molecule has 0 aliphatic carbocycles. The molecule has 0 unspecified atom stereocenters. The predicted octanol–water partition coefficient (Wildman–Crippen LogP) is 2.03. The van der Waals surface area contributed by atoms with Crippen molar-refractivity contribution in [2.75, 3.05) is 0 Å². The average molecular weight is 225 g/mol. The van der Waals surface area contributed by atoms with Crippen LogP contribution in [0.2, 0.25) is 5.02 Å². The van der Waals surface area contributed by atoms with Gasteiger partial charge in [-0.15, -0.1) is 20.4 Å². The lowest BCUT2D eigenvalue weighted by Crippen LogP contribution is -1.99. The Kier molecular flexibility index (Phi) is 2.55. The van der Waals surface area contributed by atoms with Crippen molar-refractivity contribution in [1.82, 2.24) is 20.4 Å². The van der Waals surface area contributed by atoms with Gasteiger partial charge in [0.2, 0.25) is 5.82 Å². The number of rotatable bonds is 1. The molecule has 0 spiro atoms. The normalized spacial score (nSPS) is 10.3. The monoisotopic (exact) mass is 224 g/mol. The lowest BCUT2D eigenvalue weighted by molar-refractivity contribution is 0.628. The number of halogens is 2. The molecule has 0 saturated carbocycles. The number of hydrogen-bond acceptors (Lipinski definition) is 4. The van der Waals surface area contributed by atoms with Crippen molar-refractivity contribution in [3.05, 3.63) is 34.9 Å².